The van der Waals surface area contributed by atoms with Gasteiger partial charge in [-0.15, -0.1) is 0 Å². The number of nitrogens with zero attached hydrogens (tertiary/aromatic N) is 1. The van der Waals surface area contributed by atoms with Gasteiger partial charge < -0.3 is 14.9 Å². The van der Waals surface area contributed by atoms with Crippen molar-refractivity contribution in [3.05, 3.63) is 17.1 Å². The van der Waals surface area contributed by atoms with Gasteiger partial charge in [-0.3, -0.25) is 0 Å². The Kier molecular flexibility index (Phi) is 5.76. The quantitative estimate of drug-likeness (QED) is 0.823. The maximum atomic E-state index is 12.8. The number of hydrogen-bond acceptors (Lipinski definition) is 5. The van der Waals surface area contributed by atoms with Crippen molar-refractivity contribution in [3.8, 4) is 0 Å². The van der Waals surface area contributed by atoms with Crippen LogP contribution in [0, 0.1) is 13.8 Å². The summed E-state index contributed by atoms with van der Waals surface area (Å²) in [5.41, 5.74) is 6.22. The Bertz CT molecular complexity index is 549. The molecule has 0 aliphatic rings. The largest absolute Gasteiger partial charge is 0.465 e. The Hall–Kier alpha value is -0.890. The van der Waals surface area contributed by atoms with E-state index in [1.54, 1.807) is 21.0 Å². The molecule has 116 valence electrons. The minimum absolute atomic E-state index is 0.133. The van der Waals surface area contributed by atoms with Gasteiger partial charge in [-0.2, -0.15) is 4.31 Å². The number of methoxy groups -OCH3 is 1. The predicted octanol–water partition coefficient (Wildman–Crippen LogP) is 1.40. The summed E-state index contributed by atoms with van der Waals surface area (Å²) in [6.45, 7) is 7.80. The second-order valence-electron chi connectivity index (χ2n) is 4.93. The van der Waals surface area contributed by atoms with E-state index in [0.717, 1.165) is 0 Å². The lowest BCUT2D eigenvalue weighted by Crippen LogP contribution is -2.39. The maximum Gasteiger partial charge on any atom is 0.247 e. The number of aryl methyl sites for hydroxylation is 2. The molecule has 7 heteroatoms. The average molecular weight is 304 g/mol. The van der Waals surface area contributed by atoms with Crippen molar-refractivity contribution in [1.82, 2.24) is 4.31 Å². The molecule has 1 aromatic heterocycles. The molecule has 0 aromatic carbocycles. The molecule has 0 radical (unpaired) electrons. The zero-order valence-electron chi connectivity index (χ0n) is 12.8. The summed E-state index contributed by atoms with van der Waals surface area (Å²) in [5.74, 6) is 0.935. The zero-order valence-corrected chi connectivity index (χ0v) is 13.6. The molecule has 0 amide bonds. The average Bonchev–Trinajstić information content (AvgIpc) is 2.63. The fourth-order valence-corrected chi connectivity index (χ4v) is 4.29. The number of hydrogen-bond donors (Lipinski definition) is 1. The molecular formula is C13H24N2O4S. The van der Waals surface area contributed by atoms with Crippen molar-refractivity contribution in [3.63, 3.8) is 0 Å². The Balaban J connectivity index is 3.33. The van der Waals surface area contributed by atoms with E-state index in [2.05, 4.69) is 0 Å². The topological polar surface area (TPSA) is 85.8 Å². The third kappa shape index (κ3) is 3.22. The van der Waals surface area contributed by atoms with E-state index in [9.17, 15) is 8.42 Å². The SMILES string of the molecule is COCCN(C(C)C)S(=O)(=O)c1c(C)oc(C)c1CN. The lowest BCUT2D eigenvalue weighted by molar-refractivity contribution is 0.171. The molecule has 0 bridgehead atoms. The van der Waals surface area contributed by atoms with Crippen LogP contribution in [0.1, 0.15) is 30.9 Å². The predicted molar refractivity (Wildman–Crippen MR) is 77.0 cm³/mol. The van der Waals surface area contributed by atoms with Crippen molar-refractivity contribution in [1.29, 1.82) is 0 Å². The fourth-order valence-electron chi connectivity index (χ4n) is 2.24. The summed E-state index contributed by atoms with van der Waals surface area (Å²) in [4.78, 5) is 0.197. The molecule has 0 fully saturated rings. The molecule has 20 heavy (non-hydrogen) atoms. The molecule has 0 aliphatic heterocycles. The van der Waals surface area contributed by atoms with Gasteiger partial charge in [0.1, 0.15) is 16.4 Å². The molecule has 1 heterocycles. The molecule has 0 spiro atoms. The van der Waals surface area contributed by atoms with Crippen LogP contribution in [0.5, 0.6) is 0 Å². The highest BCUT2D eigenvalue weighted by Crippen LogP contribution is 2.29. The molecule has 0 saturated carbocycles. The first-order valence-electron chi connectivity index (χ1n) is 6.57. The third-order valence-electron chi connectivity index (χ3n) is 3.19. The van der Waals surface area contributed by atoms with Crippen molar-refractivity contribution >= 4 is 10.0 Å². The van der Waals surface area contributed by atoms with Crippen LogP contribution in [-0.4, -0.2) is 39.0 Å². The smallest absolute Gasteiger partial charge is 0.247 e. The molecular weight excluding hydrogens is 280 g/mol. The molecule has 0 aliphatic carbocycles. The van der Waals surface area contributed by atoms with Crippen molar-refractivity contribution in [2.24, 2.45) is 5.73 Å². The Labute approximate surface area is 120 Å². The van der Waals surface area contributed by atoms with Crippen LogP contribution < -0.4 is 5.73 Å². The Morgan fingerprint density at radius 3 is 2.35 bits per heavy atom. The lowest BCUT2D eigenvalue weighted by Gasteiger charge is -2.25. The summed E-state index contributed by atoms with van der Waals surface area (Å²) in [5, 5.41) is 0. The first-order valence-corrected chi connectivity index (χ1v) is 8.01. The van der Waals surface area contributed by atoms with Gasteiger partial charge in [0.2, 0.25) is 10.0 Å². The Morgan fingerprint density at radius 2 is 1.90 bits per heavy atom. The molecule has 0 saturated heterocycles. The highest BCUT2D eigenvalue weighted by Gasteiger charge is 2.33. The Morgan fingerprint density at radius 1 is 1.30 bits per heavy atom. The first kappa shape index (κ1) is 17.2. The van der Waals surface area contributed by atoms with Crippen LogP contribution in [-0.2, 0) is 21.3 Å². The summed E-state index contributed by atoms with van der Waals surface area (Å²) in [6.07, 6.45) is 0. The lowest BCUT2D eigenvalue weighted by atomic mass is 10.2. The van der Waals surface area contributed by atoms with E-state index < -0.39 is 10.0 Å². The number of sulfonamides is 1. The zero-order chi connectivity index (χ0) is 15.5. The highest BCUT2D eigenvalue weighted by molar-refractivity contribution is 7.89. The van der Waals surface area contributed by atoms with Crippen molar-refractivity contribution in [2.45, 2.75) is 45.2 Å². The van der Waals surface area contributed by atoms with E-state index in [1.165, 1.54) is 4.31 Å². The normalized spacial score (nSPS) is 12.6. The van der Waals surface area contributed by atoms with Crippen LogP contribution in [0.15, 0.2) is 9.31 Å². The van der Waals surface area contributed by atoms with Gasteiger partial charge >= 0.3 is 0 Å². The first-order chi connectivity index (χ1) is 9.27. The number of furan rings is 1. The van der Waals surface area contributed by atoms with Gasteiger partial charge in [-0.05, 0) is 27.7 Å². The van der Waals surface area contributed by atoms with E-state index in [1.807, 2.05) is 13.8 Å². The minimum atomic E-state index is -3.65. The van der Waals surface area contributed by atoms with Gasteiger partial charge in [0.15, 0.2) is 0 Å². The maximum absolute atomic E-state index is 12.8. The number of rotatable bonds is 7. The summed E-state index contributed by atoms with van der Waals surface area (Å²) < 4.78 is 37.5. The van der Waals surface area contributed by atoms with Gasteiger partial charge in [-0.1, -0.05) is 0 Å². The van der Waals surface area contributed by atoms with Crippen LogP contribution in [0.2, 0.25) is 0 Å². The van der Waals surface area contributed by atoms with E-state index >= 15 is 0 Å². The summed E-state index contributed by atoms with van der Waals surface area (Å²) >= 11 is 0. The molecule has 0 unspecified atom stereocenters. The molecule has 2 N–H and O–H groups in total. The second kappa shape index (κ2) is 6.71. The van der Waals surface area contributed by atoms with E-state index in [-0.39, 0.29) is 17.5 Å². The highest BCUT2D eigenvalue weighted by atomic mass is 32.2. The number of ether oxygens (including phenoxy) is 1. The monoisotopic (exact) mass is 304 g/mol. The van der Waals surface area contributed by atoms with Gasteiger partial charge in [0, 0.05) is 31.8 Å². The third-order valence-corrected chi connectivity index (χ3v) is 5.46. The van der Waals surface area contributed by atoms with Crippen molar-refractivity contribution < 1.29 is 17.6 Å². The van der Waals surface area contributed by atoms with Crippen LogP contribution in [0.4, 0.5) is 0 Å². The van der Waals surface area contributed by atoms with Crippen LogP contribution >= 0.6 is 0 Å². The van der Waals surface area contributed by atoms with Gasteiger partial charge in [0.05, 0.1) is 6.61 Å². The fraction of sp³-hybridized carbons (Fsp3) is 0.692. The minimum Gasteiger partial charge on any atom is -0.465 e. The van der Waals surface area contributed by atoms with E-state index in [4.69, 9.17) is 14.9 Å². The number of nitrogens with two attached hydrogens (primary N) is 1. The molecule has 6 nitrogen and oxygen atoms in total. The van der Waals surface area contributed by atoms with Gasteiger partial charge in [-0.25, -0.2) is 8.42 Å². The van der Waals surface area contributed by atoms with Crippen LogP contribution in [0.25, 0.3) is 0 Å². The summed E-state index contributed by atoms with van der Waals surface area (Å²) in [7, 11) is -2.10. The molecule has 0 atom stereocenters. The summed E-state index contributed by atoms with van der Waals surface area (Å²) in [6, 6.07) is -0.171. The standard InChI is InChI=1S/C13H24N2O4S/c1-9(2)15(6-7-18-5)20(16,17)13-11(4)19-10(3)12(13)8-14/h9H,6-8,14H2,1-5H3. The molecule has 1 rings (SSSR count). The second-order valence-corrected chi connectivity index (χ2v) is 6.76. The van der Waals surface area contributed by atoms with E-state index in [0.29, 0.717) is 30.2 Å². The van der Waals surface area contributed by atoms with Crippen LogP contribution in [0.3, 0.4) is 0 Å². The van der Waals surface area contributed by atoms with Gasteiger partial charge in [0.25, 0.3) is 0 Å². The molecule has 1 aromatic rings. The van der Waals surface area contributed by atoms with Crippen molar-refractivity contribution in [2.75, 3.05) is 20.3 Å².